The van der Waals surface area contributed by atoms with Crippen LogP contribution in [0.2, 0.25) is 0 Å². The molecule has 0 saturated carbocycles. The first-order valence-corrected chi connectivity index (χ1v) is 6.69. The molecule has 1 N–H and O–H groups in total. The van der Waals surface area contributed by atoms with Crippen LogP contribution in [-0.2, 0) is 4.74 Å². The number of hydrogen-bond acceptors (Lipinski definition) is 3. The van der Waals surface area contributed by atoms with Crippen LogP contribution in [0.15, 0.2) is 24.3 Å². The van der Waals surface area contributed by atoms with Gasteiger partial charge in [-0.25, -0.2) is 0 Å². The Morgan fingerprint density at radius 2 is 2.06 bits per heavy atom. The largest absolute Gasteiger partial charge is 0.494 e. The van der Waals surface area contributed by atoms with E-state index in [2.05, 4.69) is 24.4 Å². The molecule has 1 aromatic rings. The Labute approximate surface area is 110 Å². The maximum atomic E-state index is 5.67. The molecule has 0 bridgehead atoms. The number of ether oxygens (including phenoxy) is 2. The van der Waals surface area contributed by atoms with Crippen molar-refractivity contribution in [3.05, 3.63) is 29.8 Å². The molecule has 18 heavy (non-hydrogen) atoms. The molecule has 0 saturated heterocycles. The molecule has 0 amide bonds. The summed E-state index contributed by atoms with van der Waals surface area (Å²) in [5.41, 5.74) is 1.20. The van der Waals surface area contributed by atoms with Gasteiger partial charge in [0, 0.05) is 0 Å². The number of rotatable bonds is 8. The Morgan fingerprint density at radius 3 is 2.67 bits per heavy atom. The highest BCUT2D eigenvalue weighted by Gasteiger charge is 2.11. The van der Waals surface area contributed by atoms with E-state index in [4.69, 9.17) is 9.47 Å². The van der Waals surface area contributed by atoms with E-state index in [1.54, 1.807) is 0 Å². The van der Waals surface area contributed by atoms with Gasteiger partial charge in [0.2, 0.25) is 0 Å². The molecule has 0 aliphatic heterocycles. The second kappa shape index (κ2) is 8.11. The second-order valence-corrected chi connectivity index (χ2v) is 4.64. The minimum Gasteiger partial charge on any atom is -0.494 e. The molecule has 0 aliphatic carbocycles. The lowest BCUT2D eigenvalue weighted by Gasteiger charge is -2.19. The van der Waals surface area contributed by atoms with Crippen molar-refractivity contribution in [2.24, 2.45) is 0 Å². The molecule has 0 fully saturated rings. The van der Waals surface area contributed by atoms with Crippen molar-refractivity contribution in [2.75, 3.05) is 20.3 Å². The van der Waals surface area contributed by atoms with E-state index in [0.29, 0.717) is 6.61 Å². The van der Waals surface area contributed by atoms with Gasteiger partial charge in [0.25, 0.3) is 0 Å². The van der Waals surface area contributed by atoms with Crippen molar-refractivity contribution in [1.82, 2.24) is 5.32 Å². The highest BCUT2D eigenvalue weighted by molar-refractivity contribution is 5.30. The summed E-state index contributed by atoms with van der Waals surface area (Å²) in [6.45, 7) is 7.64. The van der Waals surface area contributed by atoms with Crippen molar-refractivity contribution in [3.63, 3.8) is 0 Å². The monoisotopic (exact) mass is 251 g/mol. The first-order valence-electron chi connectivity index (χ1n) is 6.69. The molecular weight excluding hydrogens is 226 g/mol. The van der Waals surface area contributed by atoms with Crippen LogP contribution in [0.25, 0.3) is 0 Å². The van der Waals surface area contributed by atoms with Crippen molar-refractivity contribution in [2.45, 2.75) is 39.3 Å². The van der Waals surface area contributed by atoms with Crippen LogP contribution >= 0.6 is 0 Å². The fourth-order valence-electron chi connectivity index (χ4n) is 1.68. The van der Waals surface area contributed by atoms with Crippen molar-refractivity contribution in [1.29, 1.82) is 0 Å². The lowest BCUT2D eigenvalue weighted by Crippen LogP contribution is -2.23. The van der Waals surface area contributed by atoms with Crippen LogP contribution in [0.5, 0.6) is 5.75 Å². The molecule has 0 heterocycles. The maximum Gasteiger partial charge on any atom is 0.119 e. The van der Waals surface area contributed by atoms with Gasteiger partial charge >= 0.3 is 0 Å². The highest BCUT2D eigenvalue weighted by atomic mass is 16.5. The van der Waals surface area contributed by atoms with Gasteiger partial charge in [0.05, 0.1) is 25.4 Å². The van der Waals surface area contributed by atoms with Gasteiger partial charge < -0.3 is 14.8 Å². The molecule has 1 atom stereocenters. The Bertz CT molecular complexity index is 339. The predicted octanol–water partition coefficient (Wildman–Crippen LogP) is 3.16. The molecule has 0 aliphatic rings. The highest BCUT2D eigenvalue weighted by Crippen LogP contribution is 2.20. The molecule has 0 aromatic heterocycles. The zero-order valence-electron chi connectivity index (χ0n) is 11.9. The predicted molar refractivity (Wildman–Crippen MR) is 75.1 cm³/mol. The van der Waals surface area contributed by atoms with Crippen LogP contribution in [0, 0.1) is 0 Å². The number of hydrogen-bond donors (Lipinski definition) is 1. The Hall–Kier alpha value is -1.06. The van der Waals surface area contributed by atoms with Gasteiger partial charge in [0.15, 0.2) is 0 Å². The van der Waals surface area contributed by atoms with Gasteiger partial charge in [-0.2, -0.15) is 0 Å². The zero-order valence-corrected chi connectivity index (χ0v) is 11.9. The van der Waals surface area contributed by atoms with Crippen molar-refractivity contribution in [3.8, 4) is 5.75 Å². The lowest BCUT2D eigenvalue weighted by atomic mass is 10.1. The van der Waals surface area contributed by atoms with E-state index in [1.165, 1.54) is 5.56 Å². The molecule has 1 rings (SSSR count). The van der Waals surface area contributed by atoms with Gasteiger partial charge in [0.1, 0.15) is 5.75 Å². The smallest absolute Gasteiger partial charge is 0.119 e. The average molecular weight is 251 g/mol. The minimum absolute atomic E-state index is 0.206. The molecule has 1 aromatic carbocycles. The van der Waals surface area contributed by atoms with Crippen LogP contribution in [-0.4, -0.2) is 26.4 Å². The van der Waals surface area contributed by atoms with Crippen molar-refractivity contribution < 1.29 is 9.47 Å². The summed E-state index contributed by atoms with van der Waals surface area (Å²) in [4.78, 5) is 0. The zero-order chi connectivity index (χ0) is 13.4. The van der Waals surface area contributed by atoms with E-state index < -0.39 is 0 Å². The van der Waals surface area contributed by atoms with Crippen LogP contribution in [0.1, 0.15) is 38.8 Å². The summed E-state index contributed by atoms with van der Waals surface area (Å²) in [6, 6.07) is 8.41. The molecule has 102 valence electrons. The van der Waals surface area contributed by atoms with E-state index in [1.807, 2.05) is 33.0 Å². The number of benzene rings is 1. The first-order chi connectivity index (χ1) is 8.67. The minimum atomic E-state index is 0.206. The maximum absolute atomic E-state index is 5.67. The summed E-state index contributed by atoms with van der Waals surface area (Å²) in [7, 11) is 1.95. The molecule has 0 radical (unpaired) electrons. The topological polar surface area (TPSA) is 30.5 Å². The third-order valence-corrected chi connectivity index (χ3v) is 2.68. The first kappa shape index (κ1) is 15.0. The van der Waals surface area contributed by atoms with Gasteiger partial charge in [-0.15, -0.1) is 0 Å². The molecular formula is C15H25NO2. The third kappa shape index (κ3) is 5.07. The quantitative estimate of drug-likeness (QED) is 0.770. The summed E-state index contributed by atoms with van der Waals surface area (Å²) in [5.74, 6) is 0.930. The van der Waals surface area contributed by atoms with E-state index in [-0.39, 0.29) is 12.1 Å². The molecule has 3 heteroatoms. The Balaban J connectivity index is 2.66. The lowest BCUT2D eigenvalue weighted by molar-refractivity contribution is 0.0626. The Kier molecular flexibility index (Phi) is 6.76. The van der Waals surface area contributed by atoms with Crippen LogP contribution in [0.4, 0.5) is 0 Å². The van der Waals surface area contributed by atoms with Gasteiger partial charge in [-0.05, 0) is 45.0 Å². The Morgan fingerprint density at radius 1 is 1.28 bits per heavy atom. The fraction of sp³-hybridized carbons (Fsp3) is 0.600. The van der Waals surface area contributed by atoms with Crippen molar-refractivity contribution >= 4 is 0 Å². The summed E-state index contributed by atoms with van der Waals surface area (Å²) in [5, 5.41) is 3.28. The standard InChI is InChI=1S/C15H25NO2/c1-5-9-17-14-8-6-7-13(10-14)15(16-4)11-18-12(2)3/h6-8,10,12,15-16H,5,9,11H2,1-4H3. The summed E-state index contributed by atoms with van der Waals surface area (Å²) in [6.07, 6.45) is 1.27. The summed E-state index contributed by atoms with van der Waals surface area (Å²) < 4.78 is 11.3. The normalized spacial score (nSPS) is 12.7. The van der Waals surface area contributed by atoms with Gasteiger partial charge in [-0.3, -0.25) is 0 Å². The van der Waals surface area contributed by atoms with E-state index in [0.717, 1.165) is 18.8 Å². The molecule has 3 nitrogen and oxygen atoms in total. The van der Waals surface area contributed by atoms with Gasteiger partial charge in [-0.1, -0.05) is 19.1 Å². The van der Waals surface area contributed by atoms with Crippen LogP contribution in [0.3, 0.4) is 0 Å². The third-order valence-electron chi connectivity index (χ3n) is 2.68. The SMILES string of the molecule is CCCOc1cccc(C(COC(C)C)NC)c1. The van der Waals surface area contributed by atoms with E-state index in [9.17, 15) is 0 Å². The molecule has 0 spiro atoms. The van der Waals surface area contributed by atoms with Crippen LogP contribution < -0.4 is 10.1 Å². The average Bonchev–Trinajstić information content (AvgIpc) is 2.37. The second-order valence-electron chi connectivity index (χ2n) is 4.64. The number of likely N-dealkylation sites (N-methyl/N-ethyl adjacent to an activating group) is 1. The number of nitrogens with one attached hydrogen (secondary N) is 1. The summed E-state index contributed by atoms with van der Waals surface area (Å²) >= 11 is 0. The fourth-order valence-corrected chi connectivity index (χ4v) is 1.68. The molecule has 1 unspecified atom stereocenters. The van der Waals surface area contributed by atoms with E-state index >= 15 is 0 Å².